The van der Waals surface area contributed by atoms with Gasteiger partial charge in [0.05, 0.1) is 0 Å². The van der Waals surface area contributed by atoms with Gasteiger partial charge in [-0.25, -0.2) is 22.0 Å². The van der Waals surface area contributed by atoms with Gasteiger partial charge in [-0.1, -0.05) is 0 Å². The van der Waals surface area contributed by atoms with Gasteiger partial charge in [0.2, 0.25) is 0 Å². The maximum Gasteiger partial charge on any atom is 0.504 e. The van der Waals surface area contributed by atoms with Crippen molar-refractivity contribution in [1.29, 1.82) is 0 Å². The molecule has 24 heteroatoms. The van der Waals surface area contributed by atoms with E-state index >= 15 is 0 Å². The molecule has 0 aliphatic heterocycles. The SMILES string of the molecule is NS(=O)(=O)c1ccn(C(F)(F)F)n1.Nc1ccn(C(F)(F)F)n1.O=S(=O)(Cl)c1ccn(C(F)(F)F)n1. The molecule has 12 nitrogen and oxygen atoms in total. The zero-order chi connectivity index (χ0) is 28.3. The summed E-state index contributed by atoms with van der Waals surface area (Å²) in [6, 6.07) is 2.41. The number of sulfonamides is 1. The molecule has 36 heavy (non-hydrogen) atoms. The van der Waals surface area contributed by atoms with E-state index in [2.05, 4.69) is 20.4 Å². The molecule has 0 aromatic carbocycles. The van der Waals surface area contributed by atoms with Crippen molar-refractivity contribution < 1.29 is 56.3 Å². The summed E-state index contributed by atoms with van der Waals surface area (Å²) in [6.45, 7) is 0. The molecule has 4 N–H and O–H groups in total. The van der Waals surface area contributed by atoms with Crippen LogP contribution in [0.4, 0.5) is 45.3 Å². The van der Waals surface area contributed by atoms with Gasteiger partial charge in [0.25, 0.3) is 19.1 Å². The van der Waals surface area contributed by atoms with Gasteiger partial charge >= 0.3 is 18.9 Å². The maximum atomic E-state index is 11.9. The van der Waals surface area contributed by atoms with Gasteiger partial charge in [-0.15, -0.1) is 44.6 Å². The number of nitrogens with two attached hydrogens (primary N) is 2. The van der Waals surface area contributed by atoms with Crippen molar-refractivity contribution in [3.8, 4) is 0 Å². The van der Waals surface area contributed by atoms with E-state index < -0.39 is 57.4 Å². The van der Waals surface area contributed by atoms with Gasteiger partial charge in [0, 0.05) is 35.3 Å². The molecular weight excluding hydrogens is 591 g/mol. The van der Waals surface area contributed by atoms with Gasteiger partial charge < -0.3 is 5.73 Å². The van der Waals surface area contributed by atoms with Crippen molar-refractivity contribution in [2.75, 3.05) is 5.73 Å². The lowest BCUT2D eigenvalue weighted by molar-refractivity contribution is -0.213. The summed E-state index contributed by atoms with van der Waals surface area (Å²) in [6.07, 6.45) is -12.2. The lowest BCUT2D eigenvalue weighted by atomic mass is 10.7. The molecule has 3 aromatic heterocycles. The molecule has 0 aliphatic carbocycles. The highest BCUT2D eigenvalue weighted by molar-refractivity contribution is 8.13. The smallest absolute Gasteiger partial charge is 0.382 e. The van der Waals surface area contributed by atoms with E-state index in [4.69, 9.17) is 16.4 Å². The van der Waals surface area contributed by atoms with Crippen LogP contribution in [0.5, 0.6) is 0 Å². The van der Waals surface area contributed by atoms with Crippen LogP contribution in [0.1, 0.15) is 0 Å². The molecule has 0 atom stereocenters. The van der Waals surface area contributed by atoms with Crippen molar-refractivity contribution in [2.24, 2.45) is 5.14 Å². The number of rotatable bonds is 2. The summed E-state index contributed by atoms with van der Waals surface area (Å²) in [5.41, 5.74) is 4.94. The number of halogens is 10. The monoisotopic (exact) mass is 600 g/mol. The van der Waals surface area contributed by atoms with Crippen molar-refractivity contribution in [1.82, 2.24) is 29.3 Å². The molecule has 204 valence electrons. The summed E-state index contributed by atoms with van der Waals surface area (Å²) >= 11 is 0. The Morgan fingerprint density at radius 3 is 1.19 bits per heavy atom. The van der Waals surface area contributed by atoms with Crippen LogP contribution in [0, 0.1) is 0 Å². The molecule has 0 fully saturated rings. The van der Waals surface area contributed by atoms with Crippen LogP contribution >= 0.6 is 10.7 Å². The topological polar surface area (TPSA) is 174 Å². The Morgan fingerprint density at radius 1 is 0.667 bits per heavy atom. The lowest BCUT2D eigenvalue weighted by Gasteiger charge is -2.03. The number of anilines is 1. The van der Waals surface area contributed by atoms with Gasteiger partial charge in [0.1, 0.15) is 5.82 Å². The zero-order valence-electron chi connectivity index (χ0n) is 16.5. The molecule has 0 saturated heterocycles. The molecule has 0 aliphatic rings. The third-order valence-corrected chi connectivity index (χ3v) is 5.05. The van der Waals surface area contributed by atoms with Gasteiger partial charge in [0.15, 0.2) is 10.1 Å². The highest BCUT2D eigenvalue weighted by Crippen LogP contribution is 2.23. The number of aromatic nitrogens is 6. The van der Waals surface area contributed by atoms with E-state index in [-0.39, 0.29) is 10.5 Å². The van der Waals surface area contributed by atoms with Crippen LogP contribution in [-0.2, 0) is 38.0 Å². The second-order valence-electron chi connectivity index (χ2n) is 5.77. The molecule has 3 aromatic rings. The minimum absolute atomic E-state index is 0.141. The fourth-order valence-corrected chi connectivity index (χ4v) is 2.77. The fourth-order valence-electron chi connectivity index (χ4n) is 1.66. The zero-order valence-corrected chi connectivity index (χ0v) is 18.9. The van der Waals surface area contributed by atoms with Crippen molar-refractivity contribution in [2.45, 2.75) is 29.0 Å². The quantitative estimate of drug-likeness (QED) is 0.333. The van der Waals surface area contributed by atoms with Gasteiger partial charge in [-0.3, -0.25) is 0 Å². The van der Waals surface area contributed by atoms with E-state index in [1.807, 2.05) is 0 Å². The highest BCUT2D eigenvalue weighted by Gasteiger charge is 2.34. The first kappa shape index (κ1) is 31.0. The molecule has 0 radical (unpaired) electrons. The van der Waals surface area contributed by atoms with Crippen LogP contribution in [0.25, 0.3) is 0 Å². The van der Waals surface area contributed by atoms with Crippen molar-refractivity contribution in [3.63, 3.8) is 0 Å². The number of hydrogen-bond acceptors (Lipinski definition) is 8. The Labute approximate surface area is 198 Å². The third kappa shape index (κ3) is 9.54. The molecule has 0 bridgehead atoms. The molecule has 0 spiro atoms. The predicted octanol–water partition coefficient (Wildman–Crippen LogP) is 2.24. The van der Waals surface area contributed by atoms with Crippen LogP contribution in [0.15, 0.2) is 46.8 Å². The number of hydrogen-bond donors (Lipinski definition) is 2. The van der Waals surface area contributed by atoms with E-state index in [0.29, 0.717) is 24.5 Å². The summed E-state index contributed by atoms with van der Waals surface area (Å²) in [4.78, 5) is 0. The molecule has 0 amide bonds. The van der Waals surface area contributed by atoms with Crippen LogP contribution in [0.2, 0.25) is 0 Å². The Hall–Kier alpha value is -3.05. The normalized spacial score (nSPS) is 12.9. The van der Waals surface area contributed by atoms with E-state index in [0.717, 1.165) is 12.3 Å². The highest BCUT2D eigenvalue weighted by atomic mass is 35.7. The summed E-state index contributed by atoms with van der Waals surface area (Å²) in [5, 5.41) is 11.3. The van der Waals surface area contributed by atoms with E-state index in [9.17, 15) is 56.3 Å². The van der Waals surface area contributed by atoms with Crippen LogP contribution in [0.3, 0.4) is 0 Å². The van der Waals surface area contributed by atoms with E-state index in [1.165, 1.54) is 0 Å². The number of nitrogens with zero attached hydrogens (tertiary/aromatic N) is 6. The van der Waals surface area contributed by atoms with Gasteiger partial charge in [-0.2, -0.15) is 24.2 Å². The van der Waals surface area contributed by atoms with Crippen molar-refractivity contribution >= 4 is 35.6 Å². The Balaban J connectivity index is 0.000000273. The van der Waals surface area contributed by atoms with E-state index in [1.54, 1.807) is 0 Å². The predicted molar refractivity (Wildman–Crippen MR) is 99.4 cm³/mol. The standard InChI is InChI=1S/C4H2ClF3N2O2S.C4H4F3N3O2S.C4H4F3N3/c5-13(11,12)3-1-2-10(9-3)4(6,7)8;5-4(6,7)10-2-1-3(9-10)13(8,11)12;5-4(6,7)10-2-1-3(8)9-10/h1-2H;1-2H,(H2,8,11,12);1-2H,(H2,8,9). The van der Waals surface area contributed by atoms with Crippen LogP contribution < -0.4 is 10.9 Å². The second-order valence-corrected chi connectivity index (χ2v) is 9.79. The summed E-state index contributed by atoms with van der Waals surface area (Å²) < 4.78 is 147. The van der Waals surface area contributed by atoms with Gasteiger partial charge in [-0.05, 0) is 12.1 Å². The first-order valence-corrected chi connectivity index (χ1v) is 11.9. The minimum atomic E-state index is -4.74. The Bertz CT molecular complexity index is 1290. The Kier molecular flexibility index (Phi) is 9.05. The number of alkyl halides is 9. The maximum absolute atomic E-state index is 11.9. The number of primary sulfonamides is 1. The molecular formula is C12H10ClF9N8O4S2. The largest absolute Gasteiger partial charge is 0.504 e. The molecule has 3 rings (SSSR count). The second kappa shape index (κ2) is 10.5. The molecule has 0 unspecified atom stereocenters. The lowest BCUT2D eigenvalue weighted by Crippen LogP contribution is -2.19. The van der Waals surface area contributed by atoms with Crippen molar-refractivity contribution in [3.05, 3.63) is 36.8 Å². The average molecular weight is 601 g/mol. The average Bonchev–Trinajstić information content (AvgIpc) is 3.40. The minimum Gasteiger partial charge on any atom is -0.382 e. The first-order valence-electron chi connectivity index (χ1n) is 8.04. The van der Waals surface area contributed by atoms with Crippen LogP contribution in [-0.4, -0.2) is 46.2 Å². The first-order chi connectivity index (χ1) is 15.9. The molecule has 3 heterocycles. The third-order valence-electron chi connectivity index (χ3n) is 3.06. The summed E-state index contributed by atoms with van der Waals surface area (Å²) in [7, 11) is -3.63. The Morgan fingerprint density at radius 2 is 1.00 bits per heavy atom. The summed E-state index contributed by atoms with van der Waals surface area (Å²) in [5.74, 6) is -0.141. The fraction of sp³-hybridized carbons (Fsp3) is 0.250. The molecule has 0 saturated carbocycles. The number of nitrogen functional groups attached to an aromatic ring is 1.